The molecule has 0 atom stereocenters. The minimum Gasteiger partial charge on any atom is -0.371 e. The number of nitrogens with two attached hydrogens (primary N) is 1. The van der Waals surface area contributed by atoms with Crippen molar-refractivity contribution >= 4 is 23.3 Å². The van der Waals surface area contributed by atoms with Crippen molar-refractivity contribution in [3.8, 4) is 0 Å². The van der Waals surface area contributed by atoms with Gasteiger partial charge in [-0.3, -0.25) is 14.3 Å². The highest BCUT2D eigenvalue weighted by Gasteiger charge is 2.40. The Morgan fingerprint density at radius 2 is 2.08 bits per heavy atom. The Labute approximate surface area is 144 Å². The minimum atomic E-state index is -4.69. The summed E-state index contributed by atoms with van der Waals surface area (Å²) in [7, 11) is 1.53. The Kier molecular flexibility index (Phi) is 4.44. The number of aromatic nitrogens is 3. The zero-order valence-corrected chi connectivity index (χ0v) is 13.5. The second-order valence-corrected chi connectivity index (χ2v) is 5.73. The first-order valence-electron chi connectivity index (χ1n) is 7.60. The molecule has 2 aromatic heterocycles. The molecule has 0 saturated heterocycles. The number of amides is 2. The van der Waals surface area contributed by atoms with Gasteiger partial charge in [-0.05, 0) is 18.9 Å². The summed E-state index contributed by atoms with van der Waals surface area (Å²) in [5, 5.41) is 9.40. The molecule has 3 rings (SSSR count). The summed E-state index contributed by atoms with van der Waals surface area (Å²) in [5.41, 5.74) is 5.52. The van der Waals surface area contributed by atoms with Gasteiger partial charge in [0.1, 0.15) is 11.3 Å². The van der Waals surface area contributed by atoms with Crippen molar-refractivity contribution in [3.05, 3.63) is 23.5 Å². The molecule has 0 radical (unpaired) electrons. The molecular formula is C14H15F3N6O3. The van der Waals surface area contributed by atoms with E-state index in [4.69, 9.17) is 5.73 Å². The normalized spacial score (nSPS) is 19.8. The number of ether oxygens (including phenoxy) is 1. The summed E-state index contributed by atoms with van der Waals surface area (Å²) in [6, 6.07) is 0.926. The van der Waals surface area contributed by atoms with Gasteiger partial charge in [0.05, 0.1) is 6.10 Å². The summed E-state index contributed by atoms with van der Waals surface area (Å²) in [6.45, 7) is 0. The topological polar surface area (TPSA) is 124 Å². The molecule has 1 aliphatic rings. The predicted octanol–water partition coefficient (Wildman–Crippen LogP) is 0.667. The number of hydrogen-bond donors (Lipinski definition) is 3. The maximum Gasteiger partial charge on any atom is 0.522 e. The molecule has 9 nitrogen and oxygen atoms in total. The van der Waals surface area contributed by atoms with Gasteiger partial charge in [-0.1, -0.05) is 0 Å². The quantitative estimate of drug-likeness (QED) is 0.709. The molecule has 1 fully saturated rings. The Hall–Kier alpha value is -2.89. The highest BCUT2D eigenvalue weighted by molar-refractivity contribution is 6.04. The van der Waals surface area contributed by atoms with Crippen molar-refractivity contribution in [2.75, 3.05) is 12.4 Å². The molecule has 4 N–H and O–H groups in total. The van der Waals surface area contributed by atoms with Crippen LogP contribution in [0.3, 0.4) is 0 Å². The fraction of sp³-hybridized carbons (Fsp3) is 0.429. The third-order valence-corrected chi connectivity index (χ3v) is 3.96. The fourth-order valence-electron chi connectivity index (χ4n) is 2.75. The van der Waals surface area contributed by atoms with E-state index < -0.39 is 30.3 Å². The number of alkyl halides is 3. The monoisotopic (exact) mass is 372 g/mol. The molecule has 12 heteroatoms. The van der Waals surface area contributed by atoms with E-state index in [0.29, 0.717) is 0 Å². The smallest absolute Gasteiger partial charge is 0.371 e. The fourth-order valence-corrected chi connectivity index (χ4v) is 2.75. The van der Waals surface area contributed by atoms with E-state index in [1.807, 2.05) is 0 Å². The highest BCUT2D eigenvalue weighted by atomic mass is 19.4. The van der Waals surface area contributed by atoms with Crippen molar-refractivity contribution in [3.63, 3.8) is 0 Å². The maximum absolute atomic E-state index is 12.4. The number of fused-ring (bicyclic) bond motifs is 1. The SMILES string of the molecule is CNc1nn2c(C(=O)N[C@H]3C[C@@H](OC(F)(F)F)C3)ccnc2c1C(N)=O. The summed E-state index contributed by atoms with van der Waals surface area (Å²) in [4.78, 5) is 28.1. The zero-order chi connectivity index (χ0) is 19.1. The summed E-state index contributed by atoms with van der Waals surface area (Å²) >= 11 is 0. The molecule has 0 spiro atoms. The summed E-state index contributed by atoms with van der Waals surface area (Å²) in [6.07, 6.45) is -4.26. The number of nitrogens with zero attached hydrogens (tertiary/aromatic N) is 3. The molecule has 1 aliphatic carbocycles. The number of nitrogens with one attached hydrogen (secondary N) is 2. The summed E-state index contributed by atoms with van der Waals surface area (Å²) < 4.78 is 41.4. The third-order valence-electron chi connectivity index (χ3n) is 3.96. The molecule has 0 aromatic carbocycles. The first-order valence-corrected chi connectivity index (χ1v) is 7.60. The molecule has 2 heterocycles. The van der Waals surface area contributed by atoms with Crippen LogP contribution in [0.2, 0.25) is 0 Å². The van der Waals surface area contributed by atoms with E-state index in [0.717, 1.165) is 4.52 Å². The van der Waals surface area contributed by atoms with Gasteiger partial charge in [0.25, 0.3) is 11.8 Å². The van der Waals surface area contributed by atoms with Crippen LogP contribution >= 0.6 is 0 Å². The van der Waals surface area contributed by atoms with Gasteiger partial charge < -0.3 is 16.4 Å². The molecule has 1 saturated carbocycles. The van der Waals surface area contributed by atoms with Crippen molar-refractivity contribution in [1.29, 1.82) is 0 Å². The van der Waals surface area contributed by atoms with Gasteiger partial charge in [-0.2, -0.15) is 0 Å². The number of rotatable bonds is 5. The van der Waals surface area contributed by atoms with Gasteiger partial charge in [0.2, 0.25) is 0 Å². The Bertz CT molecular complexity index is 859. The Morgan fingerprint density at radius 3 is 2.65 bits per heavy atom. The van der Waals surface area contributed by atoms with Crippen molar-refractivity contribution in [1.82, 2.24) is 19.9 Å². The number of hydrogen-bond acceptors (Lipinski definition) is 6. The van der Waals surface area contributed by atoms with Gasteiger partial charge in [-0.25, -0.2) is 9.50 Å². The van der Waals surface area contributed by atoms with Crippen LogP contribution in [0.25, 0.3) is 5.65 Å². The van der Waals surface area contributed by atoms with Crippen LogP contribution in [0.4, 0.5) is 19.0 Å². The van der Waals surface area contributed by atoms with Crippen molar-refractivity contribution < 1.29 is 27.5 Å². The molecule has 2 amide bonds. The zero-order valence-electron chi connectivity index (χ0n) is 13.5. The number of primary amides is 1. The number of halogens is 3. The van der Waals surface area contributed by atoms with Gasteiger partial charge >= 0.3 is 6.36 Å². The van der Waals surface area contributed by atoms with E-state index in [1.54, 1.807) is 0 Å². The molecule has 26 heavy (non-hydrogen) atoms. The van der Waals surface area contributed by atoms with Gasteiger partial charge in [-0.15, -0.1) is 18.3 Å². The van der Waals surface area contributed by atoms with Crippen molar-refractivity contribution in [2.45, 2.75) is 31.3 Å². The number of carbonyl (C=O) groups excluding carboxylic acids is 2. The van der Waals surface area contributed by atoms with Gasteiger partial charge in [0, 0.05) is 19.3 Å². The van der Waals surface area contributed by atoms with E-state index in [2.05, 4.69) is 25.5 Å². The lowest BCUT2D eigenvalue weighted by molar-refractivity contribution is -0.351. The number of carbonyl (C=O) groups is 2. The average molecular weight is 372 g/mol. The van der Waals surface area contributed by atoms with E-state index in [-0.39, 0.29) is 35.6 Å². The molecule has 2 aromatic rings. The van der Waals surface area contributed by atoms with Crippen LogP contribution < -0.4 is 16.4 Å². The van der Waals surface area contributed by atoms with Crippen molar-refractivity contribution in [2.24, 2.45) is 5.73 Å². The lowest BCUT2D eigenvalue weighted by Crippen LogP contribution is -2.49. The standard InChI is InChI=1S/C14H15F3N6O3/c1-19-11-9(10(18)24)12-20-3-2-8(23(12)22-11)13(25)21-6-4-7(5-6)26-14(15,16)17/h2-3,6-7H,4-5H2,1H3,(H2,18,24)(H,19,22)(H,21,25)/t6-,7+. The maximum atomic E-state index is 12.4. The second-order valence-electron chi connectivity index (χ2n) is 5.73. The first-order chi connectivity index (χ1) is 12.2. The van der Waals surface area contributed by atoms with Crippen LogP contribution in [-0.4, -0.2) is 52.0 Å². The van der Waals surface area contributed by atoms with Crippen LogP contribution in [0.15, 0.2) is 12.3 Å². The van der Waals surface area contributed by atoms with Gasteiger partial charge in [0.15, 0.2) is 11.5 Å². The van der Waals surface area contributed by atoms with Crippen LogP contribution in [-0.2, 0) is 4.74 Å². The second kappa shape index (κ2) is 6.44. The lowest BCUT2D eigenvalue weighted by atomic mass is 9.89. The van der Waals surface area contributed by atoms with Crippen LogP contribution in [0, 0.1) is 0 Å². The molecular weight excluding hydrogens is 357 g/mol. The largest absolute Gasteiger partial charge is 0.522 e. The Balaban J connectivity index is 1.77. The molecule has 0 unspecified atom stereocenters. The lowest BCUT2D eigenvalue weighted by Gasteiger charge is -2.35. The van der Waals surface area contributed by atoms with E-state index >= 15 is 0 Å². The van der Waals surface area contributed by atoms with Crippen LogP contribution in [0.5, 0.6) is 0 Å². The third kappa shape index (κ3) is 3.40. The summed E-state index contributed by atoms with van der Waals surface area (Å²) in [5.74, 6) is -1.16. The number of anilines is 1. The minimum absolute atomic E-state index is 0.0319. The average Bonchev–Trinajstić information content (AvgIpc) is 2.89. The molecule has 0 bridgehead atoms. The highest BCUT2D eigenvalue weighted by Crippen LogP contribution is 2.30. The predicted molar refractivity (Wildman–Crippen MR) is 82.5 cm³/mol. The van der Waals surface area contributed by atoms with E-state index in [1.165, 1.54) is 19.3 Å². The molecule has 140 valence electrons. The van der Waals surface area contributed by atoms with Crippen LogP contribution in [0.1, 0.15) is 33.7 Å². The van der Waals surface area contributed by atoms with E-state index in [9.17, 15) is 22.8 Å². The first kappa shape index (κ1) is 17.9. The molecule has 0 aliphatic heterocycles. The Morgan fingerprint density at radius 1 is 1.38 bits per heavy atom.